The van der Waals surface area contributed by atoms with Crippen LogP contribution in [-0.2, 0) is 0 Å². The number of nitrogens with one attached hydrogen (secondary N) is 1. The van der Waals surface area contributed by atoms with Crippen molar-refractivity contribution >= 4 is 34.7 Å². The summed E-state index contributed by atoms with van der Waals surface area (Å²) in [7, 11) is 1.97. The van der Waals surface area contributed by atoms with Gasteiger partial charge in [0.25, 0.3) is 0 Å². The highest BCUT2D eigenvalue weighted by Crippen LogP contribution is 2.23. The predicted molar refractivity (Wildman–Crippen MR) is 91.3 cm³/mol. The zero-order valence-electron chi connectivity index (χ0n) is 12.1. The molecule has 1 heterocycles. The van der Waals surface area contributed by atoms with Crippen LogP contribution in [0.15, 0.2) is 66.9 Å². The number of hydrogen-bond donors (Lipinski definition) is 1. The lowest BCUT2D eigenvalue weighted by molar-refractivity contribution is 1.08. The molecule has 0 amide bonds. The topological polar surface area (TPSA) is 41.1 Å². The highest BCUT2D eigenvalue weighted by atomic mass is 35.5. The number of halogens is 1. The third-order valence-corrected chi connectivity index (χ3v) is 3.44. The van der Waals surface area contributed by atoms with E-state index in [4.69, 9.17) is 11.6 Å². The molecule has 0 fully saturated rings. The Morgan fingerprint density at radius 1 is 1.00 bits per heavy atom. The second-order valence-corrected chi connectivity index (χ2v) is 5.20. The van der Waals surface area contributed by atoms with Gasteiger partial charge in [0.15, 0.2) is 0 Å². The van der Waals surface area contributed by atoms with E-state index >= 15 is 0 Å². The summed E-state index contributed by atoms with van der Waals surface area (Å²) in [6.07, 6.45) is 1.73. The molecule has 0 spiro atoms. The normalized spacial score (nSPS) is 10.3. The quantitative estimate of drug-likeness (QED) is 0.762. The van der Waals surface area contributed by atoms with Gasteiger partial charge < -0.3 is 10.2 Å². The lowest BCUT2D eigenvalue weighted by Gasteiger charge is -2.18. The molecular weight excluding hydrogens is 296 g/mol. The minimum Gasteiger partial charge on any atom is -0.329 e. The first kappa shape index (κ1) is 14.4. The SMILES string of the molecule is CN(c1ccccc1)c1ccnc(Nc2cccc(Cl)c2)n1. The average molecular weight is 311 g/mol. The van der Waals surface area contributed by atoms with Crippen LogP contribution in [0.25, 0.3) is 0 Å². The van der Waals surface area contributed by atoms with E-state index in [9.17, 15) is 0 Å². The van der Waals surface area contributed by atoms with Crippen molar-refractivity contribution in [2.75, 3.05) is 17.3 Å². The number of anilines is 4. The molecule has 3 aromatic rings. The second kappa shape index (κ2) is 6.45. The standard InChI is InChI=1S/C17H15ClN4/c1-22(15-8-3-2-4-9-15)16-10-11-19-17(21-16)20-14-7-5-6-13(18)12-14/h2-12H,1H3,(H,19,20,21). The van der Waals surface area contributed by atoms with Crippen molar-refractivity contribution in [3.8, 4) is 0 Å². The Morgan fingerprint density at radius 3 is 2.59 bits per heavy atom. The van der Waals surface area contributed by atoms with E-state index in [-0.39, 0.29) is 0 Å². The number of rotatable bonds is 4. The Bertz CT molecular complexity index is 761. The lowest BCUT2D eigenvalue weighted by atomic mass is 10.3. The summed E-state index contributed by atoms with van der Waals surface area (Å²) in [4.78, 5) is 10.8. The molecule has 0 aliphatic heterocycles. The van der Waals surface area contributed by atoms with E-state index in [1.165, 1.54) is 0 Å². The summed E-state index contributed by atoms with van der Waals surface area (Å²) in [5, 5.41) is 3.83. The van der Waals surface area contributed by atoms with Gasteiger partial charge in [-0.1, -0.05) is 35.9 Å². The van der Waals surface area contributed by atoms with E-state index in [1.807, 2.05) is 72.6 Å². The third-order valence-electron chi connectivity index (χ3n) is 3.21. The van der Waals surface area contributed by atoms with Gasteiger partial charge in [-0.05, 0) is 36.4 Å². The van der Waals surface area contributed by atoms with Crippen molar-refractivity contribution in [2.45, 2.75) is 0 Å². The Labute approximate surface area is 134 Å². The van der Waals surface area contributed by atoms with E-state index in [1.54, 1.807) is 6.20 Å². The van der Waals surface area contributed by atoms with Crippen LogP contribution < -0.4 is 10.2 Å². The average Bonchev–Trinajstić information content (AvgIpc) is 2.55. The molecule has 5 heteroatoms. The molecule has 0 bridgehead atoms. The van der Waals surface area contributed by atoms with Gasteiger partial charge in [0.2, 0.25) is 5.95 Å². The third kappa shape index (κ3) is 3.35. The van der Waals surface area contributed by atoms with Crippen LogP contribution >= 0.6 is 11.6 Å². The molecule has 1 aromatic heterocycles. The number of para-hydroxylation sites is 1. The molecule has 3 rings (SSSR count). The Balaban J connectivity index is 1.83. The highest BCUT2D eigenvalue weighted by Gasteiger charge is 2.06. The van der Waals surface area contributed by atoms with Gasteiger partial charge in [0, 0.05) is 29.6 Å². The first-order chi connectivity index (χ1) is 10.7. The minimum absolute atomic E-state index is 0.530. The highest BCUT2D eigenvalue weighted by molar-refractivity contribution is 6.30. The van der Waals surface area contributed by atoms with Crippen molar-refractivity contribution in [1.82, 2.24) is 9.97 Å². The molecule has 22 heavy (non-hydrogen) atoms. The van der Waals surface area contributed by atoms with E-state index in [0.717, 1.165) is 17.2 Å². The maximum atomic E-state index is 5.98. The van der Waals surface area contributed by atoms with Crippen molar-refractivity contribution in [1.29, 1.82) is 0 Å². The molecule has 0 unspecified atom stereocenters. The number of nitrogens with zero attached hydrogens (tertiary/aromatic N) is 3. The Kier molecular flexibility index (Phi) is 4.21. The van der Waals surface area contributed by atoms with Crippen molar-refractivity contribution in [3.63, 3.8) is 0 Å². The molecule has 2 aromatic carbocycles. The summed E-state index contributed by atoms with van der Waals surface area (Å²) < 4.78 is 0. The molecule has 0 atom stereocenters. The number of benzene rings is 2. The van der Waals surface area contributed by atoms with Crippen LogP contribution in [0.4, 0.5) is 23.1 Å². The van der Waals surface area contributed by atoms with Crippen LogP contribution in [0.1, 0.15) is 0 Å². The first-order valence-electron chi connectivity index (χ1n) is 6.87. The summed E-state index contributed by atoms with van der Waals surface area (Å²) in [6.45, 7) is 0. The smallest absolute Gasteiger partial charge is 0.229 e. The summed E-state index contributed by atoms with van der Waals surface area (Å²) in [5.74, 6) is 1.34. The lowest BCUT2D eigenvalue weighted by Crippen LogP contribution is -2.12. The van der Waals surface area contributed by atoms with Gasteiger partial charge in [-0.2, -0.15) is 4.98 Å². The predicted octanol–water partition coefficient (Wildman–Crippen LogP) is 4.64. The van der Waals surface area contributed by atoms with Crippen LogP contribution in [0.5, 0.6) is 0 Å². The van der Waals surface area contributed by atoms with Gasteiger partial charge >= 0.3 is 0 Å². The first-order valence-corrected chi connectivity index (χ1v) is 7.24. The fraction of sp³-hybridized carbons (Fsp3) is 0.0588. The second-order valence-electron chi connectivity index (χ2n) is 4.77. The zero-order chi connectivity index (χ0) is 15.4. The molecule has 0 saturated carbocycles. The fourth-order valence-corrected chi connectivity index (χ4v) is 2.27. The number of hydrogen-bond acceptors (Lipinski definition) is 4. The summed E-state index contributed by atoms with van der Waals surface area (Å²) in [5.41, 5.74) is 1.92. The van der Waals surface area contributed by atoms with Gasteiger partial charge in [-0.3, -0.25) is 0 Å². The fourth-order valence-electron chi connectivity index (χ4n) is 2.08. The molecule has 1 N–H and O–H groups in total. The minimum atomic E-state index is 0.530. The Hall–Kier alpha value is -2.59. The van der Waals surface area contributed by atoms with Crippen molar-refractivity contribution in [2.24, 2.45) is 0 Å². The molecule has 4 nitrogen and oxygen atoms in total. The van der Waals surface area contributed by atoms with Gasteiger partial charge in [0.05, 0.1) is 0 Å². The maximum Gasteiger partial charge on any atom is 0.229 e. The molecule has 0 saturated heterocycles. The molecule has 0 radical (unpaired) electrons. The van der Waals surface area contributed by atoms with Crippen LogP contribution in [-0.4, -0.2) is 17.0 Å². The van der Waals surface area contributed by atoms with Crippen molar-refractivity contribution < 1.29 is 0 Å². The monoisotopic (exact) mass is 310 g/mol. The molecule has 0 aliphatic rings. The van der Waals surface area contributed by atoms with E-state index in [2.05, 4.69) is 15.3 Å². The van der Waals surface area contributed by atoms with E-state index < -0.39 is 0 Å². The zero-order valence-corrected chi connectivity index (χ0v) is 12.8. The van der Waals surface area contributed by atoms with Crippen molar-refractivity contribution in [3.05, 3.63) is 71.9 Å². The maximum absolute atomic E-state index is 5.98. The molecule has 110 valence electrons. The van der Waals surface area contributed by atoms with Crippen LogP contribution in [0.2, 0.25) is 5.02 Å². The summed E-state index contributed by atoms with van der Waals surface area (Å²) >= 11 is 5.98. The van der Waals surface area contributed by atoms with Gasteiger partial charge in [0.1, 0.15) is 5.82 Å². The van der Waals surface area contributed by atoms with E-state index in [0.29, 0.717) is 11.0 Å². The van der Waals surface area contributed by atoms with Gasteiger partial charge in [-0.25, -0.2) is 4.98 Å². The molecule has 0 aliphatic carbocycles. The molecular formula is C17H15ClN4. The van der Waals surface area contributed by atoms with Gasteiger partial charge in [-0.15, -0.1) is 0 Å². The summed E-state index contributed by atoms with van der Waals surface area (Å²) in [6, 6.07) is 19.4. The van der Waals surface area contributed by atoms with Crippen LogP contribution in [0, 0.1) is 0 Å². The number of aromatic nitrogens is 2. The largest absolute Gasteiger partial charge is 0.329 e. The van der Waals surface area contributed by atoms with Crippen LogP contribution in [0.3, 0.4) is 0 Å². The Morgan fingerprint density at radius 2 is 1.82 bits per heavy atom.